The third kappa shape index (κ3) is 5.10. The summed E-state index contributed by atoms with van der Waals surface area (Å²) in [5.41, 5.74) is 1.48. The number of benzene rings is 2. The number of halogens is 2. The minimum atomic E-state index is -3.76. The number of nitrogens with zero attached hydrogens (tertiary/aromatic N) is 1. The highest BCUT2D eigenvalue weighted by molar-refractivity contribution is 7.92. The van der Waals surface area contributed by atoms with Gasteiger partial charge in [0.05, 0.1) is 24.7 Å². The maximum absolute atomic E-state index is 13.0. The van der Waals surface area contributed by atoms with Crippen molar-refractivity contribution >= 4 is 50.5 Å². The summed E-state index contributed by atoms with van der Waals surface area (Å²) in [5.74, 6) is -0.0953. The number of hydrogen-bond donors (Lipinski definition) is 1. The number of anilines is 2. The standard InChI is InChI=1S/C19H22Cl2N2O4S/c1-5-17(19(24)22-16-10-13(20)7-9-18(16)27-3)23(28(4,25)26)14-8-6-12(2)15(21)11-14/h6-11,17H,5H2,1-4H3,(H,22,24)/t17-/m1/s1. The Labute approximate surface area is 175 Å². The number of carbonyl (C=O) groups excluding carboxylic acids is 1. The summed E-state index contributed by atoms with van der Waals surface area (Å²) in [7, 11) is -2.30. The van der Waals surface area contributed by atoms with Crippen LogP contribution in [0.2, 0.25) is 10.0 Å². The summed E-state index contributed by atoms with van der Waals surface area (Å²) in [6, 6.07) is 8.67. The van der Waals surface area contributed by atoms with E-state index in [1.54, 1.807) is 37.3 Å². The Balaban J connectivity index is 2.45. The van der Waals surface area contributed by atoms with Crippen LogP contribution < -0.4 is 14.4 Å². The van der Waals surface area contributed by atoms with Crippen LogP contribution >= 0.6 is 23.2 Å². The van der Waals surface area contributed by atoms with Crippen LogP contribution in [0.4, 0.5) is 11.4 Å². The van der Waals surface area contributed by atoms with E-state index in [-0.39, 0.29) is 6.42 Å². The minimum absolute atomic E-state index is 0.243. The highest BCUT2D eigenvalue weighted by atomic mass is 35.5. The normalized spacial score (nSPS) is 12.4. The number of nitrogens with one attached hydrogen (secondary N) is 1. The van der Waals surface area contributed by atoms with Crippen molar-refractivity contribution < 1.29 is 17.9 Å². The van der Waals surface area contributed by atoms with E-state index >= 15 is 0 Å². The van der Waals surface area contributed by atoms with Gasteiger partial charge >= 0.3 is 0 Å². The number of amides is 1. The highest BCUT2D eigenvalue weighted by Crippen LogP contribution is 2.30. The van der Waals surface area contributed by atoms with Crippen LogP contribution in [-0.4, -0.2) is 33.7 Å². The minimum Gasteiger partial charge on any atom is -0.495 e. The fourth-order valence-electron chi connectivity index (χ4n) is 2.77. The Morgan fingerprint density at radius 2 is 1.89 bits per heavy atom. The van der Waals surface area contributed by atoms with Gasteiger partial charge in [0, 0.05) is 10.0 Å². The van der Waals surface area contributed by atoms with Gasteiger partial charge in [-0.2, -0.15) is 0 Å². The van der Waals surface area contributed by atoms with Crippen LogP contribution in [0, 0.1) is 6.92 Å². The van der Waals surface area contributed by atoms with Crippen LogP contribution in [0.1, 0.15) is 18.9 Å². The van der Waals surface area contributed by atoms with E-state index in [9.17, 15) is 13.2 Å². The number of sulfonamides is 1. The van der Waals surface area contributed by atoms with Crippen LogP contribution in [-0.2, 0) is 14.8 Å². The molecular weight excluding hydrogens is 423 g/mol. The quantitative estimate of drug-likeness (QED) is 0.681. The molecule has 0 aliphatic rings. The van der Waals surface area contributed by atoms with Gasteiger partial charge in [-0.05, 0) is 49.2 Å². The number of hydrogen-bond acceptors (Lipinski definition) is 4. The summed E-state index contributed by atoms with van der Waals surface area (Å²) in [6.07, 6.45) is 1.30. The predicted octanol–water partition coefficient (Wildman–Crippen LogP) is 4.49. The second-order valence-corrected chi connectivity index (χ2v) is 8.95. The first-order valence-electron chi connectivity index (χ1n) is 8.48. The topological polar surface area (TPSA) is 75.7 Å². The lowest BCUT2D eigenvalue weighted by atomic mass is 10.1. The first kappa shape index (κ1) is 22.3. The molecule has 6 nitrogen and oxygen atoms in total. The lowest BCUT2D eigenvalue weighted by Crippen LogP contribution is -2.47. The Morgan fingerprint density at radius 3 is 2.43 bits per heavy atom. The zero-order chi connectivity index (χ0) is 21.1. The molecule has 2 rings (SSSR count). The molecule has 152 valence electrons. The molecule has 1 amide bonds. The lowest BCUT2D eigenvalue weighted by Gasteiger charge is -2.30. The molecule has 0 aliphatic heterocycles. The Morgan fingerprint density at radius 1 is 1.21 bits per heavy atom. The molecule has 0 heterocycles. The first-order valence-corrected chi connectivity index (χ1v) is 11.1. The maximum Gasteiger partial charge on any atom is 0.248 e. The van der Waals surface area contributed by atoms with Gasteiger partial charge in [0.15, 0.2) is 0 Å². The molecule has 1 N–H and O–H groups in total. The van der Waals surface area contributed by atoms with Crippen LogP contribution in [0.25, 0.3) is 0 Å². The largest absolute Gasteiger partial charge is 0.495 e. The van der Waals surface area contributed by atoms with Crippen LogP contribution in [0.5, 0.6) is 5.75 Å². The Kier molecular flexibility index (Phi) is 7.20. The third-order valence-electron chi connectivity index (χ3n) is 4.16. The average Bonchev–Trinajstić information content (AvgIpc) is 2.61. The summed E-state index contributed by atoms with van der Waals surface area (Å²) in [5, 5.41) is 3.54. The molecule has 0 bridgehead atoms. The van der Waals surface area contributed by atoms with Gasteiger partial charge in [-0.15, -0.1) is 0 Å². The number of rotatable bonds is 7. The molecule has 2 aromatic rings. The summed E-state index contributed by atoms with van der Waals surface area (Å²) in [4.78, 5) is 13.0. The Bertz CT molecular complexity index is 980. The predicted molar refractivity (Wildman–Crippen MR) is 114 cm³/mol. The van der Waals surface area contributed by atoms with Crippen molar-refractivity contribution in [2.24, 2.45) is 0 Å². The number of carbonyl (C=O) groups is 1. The van der Waals surface area contributed by atoms with Crippen molar-refractivity contribution in [1.29, 1.82) is 0 Å². The zero-order valence-corrected chi connectivity index (χ0v) is 18.3. The van der Waals surface area contributed by atoms with Crippen molar-refractivity contribution in [2.75, 3.05) is 23.0 Å². The second kappa shape index (κ2) is 9.03. The monoisotopic (exact) mass is 444 g/mol. The van der Waals surface area contributed by atoms with Gasteiger partial charge in [-0.1, -0.05) is 36.2 Å². The van der Waals surface area contributed by atoms with Gasteiger partial charge in [-0.3, -0.25) is 9.10 Å². The molecule has 2 aromatic carbocycles. The fourth-order valence-corrected chi connectivity index (χ4v) is 4.32. The molecule has 0 aliphatic carbocycles. The molecule has 0 radical (unpaired) electrons. The van der Waals surface area contributed by atoms with Crippen molar-refractivity contribution in [1.82, 2.24) is 0 Å². The van der Waals surface area contributed by atoms with Crippen molar-refractivity contribution in [2.45, 2.75) is 26.3 Å². The van der Waals surface area contributed by atoms with Crippen LogP contribution in [0.15, 0.2) is 36.4 Å². The van der Waals surface area contributed by atoms with Crippen LogP contribution in [0.3, 0.4) is 0 Å². The number of aryl methyl sites for hydroxylation is 1. The van der Waals surface area contributed by atoms with Gasteiger partial charge in [0.1, 0.15) is 11.8 Å². The fraction of sp³-hybridized carbons (Fsp3) is 0.316. The molecule has 9 heteroatoms. The van der Waals surface area contributed by atoms with E-state index < -0.39 is 22.0 Å². The molecule has 0 spiro atoms. The molecule has 0 aromatic heterocycles. The molecular formula is C19H22Cl2N2O4S. The van der Waals surface area contributed by atoms with Gasteiger partial charge in [0.2, 0.25) is 15.9 Å². The second-order valence-electron chi connectivity index (χ2n) is 6.25. The summed E-state index contributed by atoms with van der Waals surface area (Å²) >= 11 is 12.2. The summed E-state index contributed by atoms with van der Waals surface area (Å²) in [6.45, 7) is 3.54. The number of ether oxygens (including phenoxy) is 1. The van der Waals surface area contributed by atoms with E-state index in [2.05, 4.69) is 5.32 Å². The maximum atomic E-state index is 13.0. The van der Waals surface area contributed by atoms with Gasteiger partial charge in [-0.25, -0.2) is 8.42 Å². The van der Waals surface area contributed by atoms with E-state index in [4.69, 9.17) is 27.9 Å². The Hall–Kier alpha value is -1.96. The molecule has 0 saturated carbocycles. The smallest absolute Gasteiger partial charge is 0.248 e. The lowest BCUT2D eigenvalue weighted by molar-refractivity contribution is -0.117. The molecule has 0 saturated heterocycles. The van der Waals surface area contributed by atoms with E-state index in [1.807, 2.05) is 6.92 Å². The van der Waals surface area contributed by atoms with Crippen molar-refractivity contribution in [3.05, 3.63) is 52.0 Å². The first-order chi connectivity index (χ1) is 13.1. The number of methoxy groups -OCH3 is 1. The van der Waals surface area contributed by atoms with E-state index in [1.165, 1.54) is 13.2 Å². The van der Waals surface area contributed by atoms with Gasteiger partial charge in [0.25, 0.3) is 0 Å². The van der Waals surface area contributed by atoms with E-state index in [0.717, 1.165) is 16.1 Å². The molecule has 0 unspecified atom stereocenters. The summed E-state index contributed by atoms with van der Waals surface area (Å²) < 4.78 is 31.3. The van der Waals surface area contributed by atoms with Gasteiger partial charge < -0.3 is 10.1 Å². The molecule has 28 heavy (non-hydrogen) atoms. The zero-order valence-electron chi connectivity index (χ0n) is 16.0. The molecule has 0 fully saturated rings. The average molecular weight is 445 g/mol. The highest BCUT2D eigenvalue weighted by Gasteiger charge is 2.32. The SMILES string of the molecule is CC[C@H](C(=O)Nc1cc(Cl)ccc1OC)N(c1ccc(C)c(Cl)c1)S(C)(=O)=O. The molecule has 1 atom stereocenters. The van der Waals surface area contributed by atoms with E-state index in [0.29, 0.717) is 27.2 Å². The van der Waals surface area contributed by atoms with Crippen molar-refractivity contribution in [3.63, 3.8) is 0 Å². The van der Waals surface area contributed by atoms with Crippen molar-refractivity contribution in [3.8, 4) is 5.75 Å². The third-order valence-corrected chi connectivity index (χ3v) is 5.98.